The van der Waals surface area contributed by atoms with Crippen molar-refractivity contribution in [2.75, 3.05) is 11.6 Å². The van der Waals surface area contributed by atoms with E-state index in [2.05, 4.69) is 15.4 Å². The van der Waals surface area contributed by atoms with Gasteiger partial charge in [-0.2, -0.15) is 18.3 Å². The third kappa shape index (κ3) is 4.61. The Morgan fingerprint density at radius 2 is 1.92 bits per heavy atom. The van der Waals surface area contributed by atoms with Crippen molar-refractivity contribution in [2.24, 2.45) is 10.8 Å². The molecule has 2 aromatic heterocycles. The van der Waals surface area contributed by atoms with Gasteiger partial charge in [0, 0.05) is 43.4 Å². The molecule has 1 spiro atoms. The number of nitrogens with one attached hydrogen (secondary N) is 2. The molecular weight excluding hydrogens is 505 g/mol. The predicted octanol–water partition coefficient (Wildman–Crippen LogP) is 5.68. The first-order valence-electron chi connectivity index (χ1n) is 11.6. The molecule has 0 radical (unpaired) electrons. The molecule has 196 valence electrons. The number of halogens is 5. The first-order chi connectivity index (χ1) is 16.5. The quantitative estimate of drug-likeness (QED) is 0.469. The van der Waals surface area contributed by atoms with E-state index in [1.807, 2.05) is 0 Å². The molecule has 3 saturated carbocycles. The zero-order chi connectivity index (χ0) is 26.3. The Balaban J connectivity index is 1.54. The lowest BCUT2D eigenvalue weighted by Crippen LogP contribution is -2.47. The van der Waals surface area contributed by atoms with Crippen LogP contribution in [0.15, 0.2) is 23.4 Å². The zero-order valence-corrected chi connectivity index (χ0v) is 20.5. The first-order valence-corrected chi connectivity index (χ1v) is 13.5. The maximum Gasteiger partial charge on any atom is 0.420 e. The van der Waals surface area contributed by atoms with Crippen molar-refractivity contribution in [1.82, 2.24) is 14.8 Å². The summed E-state index contributed by atoms with van der Waals surface area (Å²) in [6.07, 6.45) is -0.531. The van der Waals surface area contributed by atoms with Gasteiger partial charge in [0.15, 0.2) is 0 Å². The molecule has 2 heterocycles. The molecule has 3 aliphatic carbocycles. The lowest BCUT2D eigenvalue weighted by atomic mass is 9.67. The summed E-state index contributed by atoms with van der Waals surface area (Å²) < 4.78 is 91.1. The molecule has 36 heavy (non-hydrogen) atoms. The van der Waals surface area contributed by atoms with E-state index in [1.165, 1.54) is 18.3 Å². The number of aromatic nitrogens is 3. The molecule has 1 amide bonds. The van der Waals surface area contributed by atoms with E-state index in [-0.39, 0.29) is 28.4 Å². The minimum Gasteiger partial charge on any atom is -0.320 e. The number of hydrogen-bond donors (Lipinski definition) is 2. The molecule has 7 nitrogen and oxygen atoms in total. The van der Waals surface area contributed by atoms with Gasteiger partial charge in [-0.1, -0.05) is 6.92 Å². The number of pyridine rings is 1. The summed E-state index contributed by atoms with van der Waals surface area (Å²) in [5.41, 5.74) is -2.99. The fourth-order valence-corrected chi connectivity index (χ4v) is 6.33. The van der Waals surface area contributed by atoms with Crippen LogP contribution in [0.25, 0.3) is 0 Å². The van der Waals surface area contributed by atoms with E-state index >= 15 is 0 Å². The summed E-state index contributed by atoms with van der Waals surface area (Å²) in [5, 5.41) is 6.47. The van der Waals surface area contributed by atoms with Gasteiger partial charge in [0.05, 0.1) is 15.4 Å². The van der Waals surface area contributed by atoms with E-state index in [0.717, 1.165) is 23.8 Å². The minimum atomic E-state index is -4.89. The number of alkyl halides is 5. The van der Waals surface area contributed by atoms with Crippen molar-refractivity contribution < 1.29 is 31.0 Å². The molecule has 0 aliphatic heterocycles. The van der Waals surface area contributed by atoms with Crippen LogP contribution in [0.3, 0.4) is 0 Å². The molecule has 3 fully saturated rings. The van der Waals surface area contributed by atoms with Crippen molar-refractivity contribution in [1.29, 1.82) is 4.78 Å². The van der Waals surface area contributed by atoms with Crippen LogP contribution in [0, 0.1) is 15.6 Å². The summed E-state index contributed by atoms with van der Waals surface area (Å²) in [7, 11) is -3.24. The van der Waals surface area contributed by atoms with Gasteiger partial charge in [-0.15, -0.1) is 0 Å². The minimum absolute atomic E-state index is 0.0104. The molecule has 0 unspecified atom stereocenters. The third-order valence-electron chi connectivity index (χ3n) is 7.47. The van der Waals surface area contributed by atoms with Crippen LogP contribution in [0.2, 0.25) is 0 Å². The number of rotatable bonds is 6. The maximum atomic E-state index is 14.4. The third-order valence-corrected chi connectivity index (χ3v) is 8.50. The molecular formula is C23H26F5N5O2S. The second-order valence-electron chi connectivity index (χ2n) is 11.1. The summed E-state index contributed by atoms with van der Waals surface area (Å²) in [6, 6.07) is 2.47. The number of amides is 1. The standard InChI is InChI=1S/C23H26F5N5O2S/c1-20(10-22(24,25)11-20)12-33-18(19(34)31-14-3-6-30-15(7-14)36(2,29)35)16(23(26,27)28)17(32-33)13-8-21(9-13)4-5-21/h3,6-7,13,29H,4-5,8-12H2,1-2H3,(H,30,31,34)/t36-/m1/s1. The lowest BCUT2D eigenvalue weighted by molar-refractivity contribution is -0.160. The molecule has 13 heteroatoms. The molecule has 2 N–H and O–H groups in total. The fourth-order valence-electron chi connectivity index (χ4n) is 5.72. The molecule has 3 aliphatic rings. The van der Waals surface area contributed by atoms with E-state index in [1.54, 1.807) is 6.92 Å². The zero-order valence-electron chi connectivity index (χ0n) is 19.7. The molecule has 0 bridgehead atoms. The highest BCUT2D eigenvalue weighted by Crippen LogP contribution is 2.66. The first kappa shape index (κ1) is 25.1. The Kier molecular flexibility index (Phi) is 5.38. The van der Waals surface area contributed by atoms with Gasteiger partial charge >= 0.3 is 6.18 Å². The highest BCUT2D eigenvalue weighted by Gasteiger charge is 2.57. The average molecular weight is 532 g/mol. The number of carbonyl (C=O) groups is 1. The number of carbonyl (C=O) groups excluding carboxylic acids is 1. The summed E-state index contributed by atoms with van der Waals surface area (Å²) in [4.78, 5) is 17.1. The van der Waals surface area contributed by atoms with Gasteiger partial charge in [-0.05, 0) is 48.6 Å². The van der Waals surface area contributed by atoms with Crippen molar-refractivity contribution in [3.8, 4) is 0 Å². The van der Waals surface area contributed by atoms with Crippen molar-refractivity contribution in [2.45, 2.75) is 75.0 Å². The largest absolute Gasteiger partial charge is 0.420 e. The number of nitrogens with zero attached hydrogens (tertiary/aromatic N) is 3. The number of anilines is 1. The number of hydrogen-bond acceptors (Lipinski definition) is 5. The van der Waals surface area contributed by atoms with E-state index in [9.17, 15) is 31.0 Å². The van der Waals surface area contributed by atoms with E-state index in [4.69, 9.17) is 4.78 Å². The van der Waals surface area contributed by atoms with Crippen LogP contribution in [0.5, 0.6) is 0 Å². The molecule has 0 aromatic carbocycles. The molecule has 0 saturated heterocycles. The fraction of sp³-hybridized carbons (Fsp3) is 0.609. The van der Waals surface area contributed by atoms with Crippen LogP contribution < -0.4 is 5.32 Å². The predicted molar refractivity (Wildman–Crippen MR) is 120 cm³/mol. The van der Waals surface area contributed by atoms with Gasteiger partial charge in [0.25, 0.3) is 5.91 Å². The van der Waals surface area contributed by atoms with E-state index in [0.29, 0.717) is 12.8 Å². The van der Waals surface area contributed by atoms with Crippen molar-refractivity contribution in [3.63, 3.8) is 0 Å². The van der Waals surface area contributed by atoms with Crippen LogP contribution in [-0.4, -0.2) is 37.1 Å². The van der Waals surface area contributed by atoms with Crippen LogP contribution in [0.4, 0.5) is 27.6 Å². The second kappa shape index (κ2) is 7.72. The monoisotopic (exact) mass is 531 g/mol. The van der Waals surface area contributed by atoms with Crippen molar-refractivity contribution in [3.05, 3.63) is 35.3 Å². The average Bonchev–Trinajstić information content (AvgIpc) is 3.39. The van der Waals surface area contributed by atoms with Crippen LogP contribution in [-0.2, 0) is 22.5 Å². The molecule has 5 rings (SSSR count). The Labute approximate surface area is 204 Å². The summed E-state index contributed by atoms with van der Waals surface area (Å²) in [6.45, 7) is 1.29. The van der Waals surface area contributed by atoms with Crippen LogP contribution >= 0.6 is 0 Å². The van der Waals surface area contributed by atoms with Gasteiger partial charge < -0.3 is 5.32 Å². The van der Waals surface area contributed by atoms with Crippen molar-refractivity contribution >= 4 is 21.3 Å². The van der Waals surface area contributed by atoms with Crippen LogP contribution in [0.1, 0.15) is 73.1 Å². The molecule has 1 atom stereocenters. The van der Waals surface area contributed by atoms with Gasteiger partial charge in [-0.3, -0.25) is 9.48 Å². The second-order valence-corrected chi connectivity index (χ2v) is 13.2. The summed E-state index contributed by atoms with van der Waals surface area (Å²) in [5.74, 6) is -4.46. The Hall–Kier alpha value is -2.57. The smallest absolute Gasteiger partial charge is 0.320 e. The van der Waals surface area contributed by atoms with Gasteiger partial charge in [0.2, 0.25) is 5.92 Å². The topological polar surface area (TPSA) is 101 Å². The Morgan fingerprint density at radius 3 is 2.44 bits per heavy atom. The van der Waals surface area contributed by atoms with Gasteiger partial charge in [-0.25, -0.2) is 22.8 Å². The Morgan fingerprint density at radius 1 is 1.28 bits per heavy atom. The van der Waals surface area contributed by atoms with E-state index < -0.39 is 63.2 Å². The highest BCUT2D eigenvalue weighted by atomic mass is 32.2. The molecule has 2 aromatic rings. The normalized spacial score (nSPS) is 23.4. The highest BCUT2D eigenvalue weighted by molar-refractivity contribution is 7.91. The lowest BCUT2D eigenvalue weighted by Gasteiger charge is -2.44. The maximum absolute atomic E-state index is 14.4. The van der Waals surface area contributed by atoms with Gasteiger partial charge in [0.1, 0.15) is 16.3 Å². The Bertz CT molecular complexity index is 1330. The summed E-state index contributed by atoms with van der Waals surface area (Å²) >= 11 is 0. The SMILES string of the molecule is CC1(Cn2nc(C3CC4(CC4)C3)c(C(F)(F)F)c2C(=O)Nc2ccnc([S@](C)(=N)=O)c2)CC(F)(F)C1.